The van der Waals surface area contributed by atoms with E-state index in [2.05, 4.69) is 0 Å². The molecular weight excluding hydrogens is 280 g/mol. The van der Waals surface area contributed by atoms with E-state index >= 15 is 0 Å². The number of ether oxygens (including phenoxy) is 1. The van der Waals surface area contributed by atoms with Crippen molar-refractivity contribution in [3.63, 3.8) is 0 Å². The lowest BCUT2D eigenvalue weighted by Crippen LogP contribution is -2.37. The van der Waals surface area contributed by atoms with E-state index < -0.39 is 23.5 Å². The van der Waals surface area contributed by atoms with Crippen molar-refractivity contribution in [2.24, 2.45) is 0 Å². The summed E-state index contributed by atoms with van der Waals surface area (Å²) in [5.41, 5.74) is -0.0704. The first-order valence-corrected chi connectivity index (χ1v) is 6.81. The monoisotopic (exact) mass is 299 g/mol. The second-order valence-electron chi connectivity index (χ2n) is 4.61. The molecule has 0 atom stereocenters. The number of esters is 1. The molecular formula is C15H19F2NO3. The van der Waals surface area contributed by atoms with Crippen LogP contribution >= 0.6 is 0 Å². The summed E-state index contributed by atoms with van der Waals surface area (Å²) in [6.45, 7) is 5.17. The van der Waals surface area contributed by atoms with Crippen LogP contribution in [0.1, 0.15) is 36.2 Å². The lowest BCUT2D eigenvalue weighted by atomic mass is 10.1. The van der Waals surface area contributed by atoms with Gasteiger partial charge in [0.05, 0.1) is 12.2 Å². The normalized spacial score (nSPS) is 10.3. The summed E-state index contributed by atoms with van der Waals surface area (Å²) in [6.07, 6.45) is 0.604. The number of aryl methyl sites for hydroxylation is 1. The molecule has 0 unspecified atom stereocenters. The van der Waals surface area contributed by atoms with Crippen molar-refractivity contribution in [3.05, 3.63) is 34.9 Å². The lowest BCUT2D eigenvalue weighted by molar-refractivity contribution is -0.143. The summed E-state index contributed by atoms with van der Waals surface area (Å²) in [5, 5.41) is 0. The fourth-order valence-corrected chi connectivity index (χ4v) is 1.88. The van der Waals surface area contributed by atoms with Crippen LogP contribution in [0.25, 0.3) is 0 Å². The lowest BCUT2D eigenvalue weighted by Gasteiger charge is -2.21. The van der Waals surface area contributed by atoms with Gasteiger partial charge in [0.1, 0.15) is 18.2 Å². The van der Waals surface area contributed by atoms with Crippen LogP contribution in [0.3, 0.4) is 0 Å². The molecule has 0 N–H and O–H groups in total. The first kappa shape index (κ1) is 17.1. The van der Waals surface area contributed by atoms with Gasteiger partial charge >= 0.3 is 5.97 Å². The number of rotatable bonds is 6. The minimum absolute atomic E-state index is 0.173. The first-order valence-electron chi connectivity index (χ1n) is 6.81. The molecule has 0 aromatic heterocycles. The van der Waals surface area contributed by atoms with E-state index in [0.29, 0.717) is 12.5 Å². The van der Waals surface area contributed by atoms with Gasteiger partial charge in [-0.2, -0.15) is 0 Å². The van der Waals surface area contributed by atoms with Crippen LogP contribution < -0.4 is 0 Å². The summed E-state index contributed by atoms with van der Waals surface area (Å²) in [4.78, 5) is 25.0. The Kier molecular flexibility index (Phi) is 6.27. The molecule has 4 nitrogen and oxygen atoms in total. The van der Waals surface area contributed by atoms with Crippen molar-refractivity contribution in [1.29, 1.82) is 0 Å². The van der Waals surface area contributed by atoms with Crippen LogP contribution in [-0.2, 0) is 9.53 Å². The highest BCUT2D eigenvalue weighted by atomic mass is 19.1. The molecule has 6 heteroatoms. The minimum Gasteiger partial charge on any atom is -0.465 e. The molecule has 0 heterocycles. The molecule has 1 rings (SSSR count). The maximum absolute atomic E-state index is 13.8. The number of hydrogen-bond donors (Lipinski definition) is 0. The van der Waals surface area contributed by atoms with Crippen LogP contribution in [0.5, 0.6) is 0 Å². The molecule has 0 bridgehead atoms. The SMILES string of the molecule is CCCN(CC(=O)OCC)C(=O)c1cc(C)c(F)cc1F. The van der Waals surface area contributed by atoms with E-state index in [-0.39, 0.29) is 30.8 Å². The number of halogens is 2. The van der Waals surface area contributed by atoms with E-state index in [0.717, 1.165) is 6.07 Å². The van der Waals surface area contributed by atoms with Gasteiger partial charge < -0.3 is 9.64 Å². The van der Waals surface area contributed by atoms with Gasteiger partial charge in [-0.1, -0.05) is 6.92 Å². The standard InChI is InChI=1S/C15H19F2NO3/c1-4-6-18(9-14(19)21-5-2)15(20)11-7-10(3)12(16)8-13(11)17/h7-8H,4-6,9H2,1-3H3. The molecule has 21 heavy (non-hydrogen) atoms. The molecule has 0 aliphatic carbocycles. The number of hydrogen-bond acceptors (Lipinski definition) is 3. The Morgan fingerprint density at radius 3 is 2.43 bits per heavy atom. The predicted molar refractivity (Wildman–Crippen MR) is 73.9 cm³/mol. The molecule has 0 saturated carbocycles. The van der Waals surface area contributed by atoms with Gasteiger partial charge in [0.15, 0.2) is 0 Å². The van der Waals surface area contributed by atoms with Gasteiger partial charge in [-0.3, -0.25) is 9.59 Å². The molecule has 0 aliphatic rings. The number of carbonyl (C=O) groups excluding carboxylic acids is 2. The molecule has 116 valence electrons. The third-order valence-electron chi connectivity index (χ3n) is 2.88. The van der Waals surface area contributed by atoms with Crippen molar-refractivity contribution in [1.82, 2.24) is 4.90 Å². The smallest absolute Gasteiger partial charge is 0.325 e. The van der Waals surface area contributed by atoms with Gasteiger partial charge in [0.2, 0.25) is 0 Å². The molecule has 0 radical (unpaired) electrons. The van der Waals surface area contributed by atoms with Crippen LogP contribution in [0.15, 0.2) is 12.1 Å². The average Bonchev–Trinajstić information content (AvgIpc) is 2.42. The zero-order valence-corrected chi connectivity index (χ0v) is 12.4. The fraction of sp³-hybridized carbons (Fsp3) is 0.467. The topological polar surface area (TPSA) is 46.6 Å². The van der Waals surface area contributed by atoms with Crippen molar-refractivity contribution in [2.75, 3.05) is 19.7 Å². The Hall–Kier alpha value is -1.98. The molecule has 0 saturated heterocycles. The summed E-state index contributed by atoms with van der Waals surface area (Å²) in [7, 11) is 0. The second kappa shape index (κ2) is 7.71. The largest absolute Gasteiger partial charge is 0.465 e. The predicted octanol–water partition coefficient (Wildman–Crippen LogP) is 2.69. The fourth-order valence-electron chi connectivity index (χ4n) is 1.88. The third-order valence-corrected chi connectivity index (χ3v) is 2.88. The number of benzene rings is 1. The van der Waals surface area contributed by atoms with E-state index in [1.807, 2.05) is 6.92 Å². The minimum atomic E-state index is -0.937. The van der Waals surface area contributed by atoms with Crippen molar-refractivity contribution in [3.8, 4) is 0 Å². The summed E-state index contributed by atoms with van der Waals surface area (Å²) >= 11 is 0. The number of nitrogens with zero attached hydrogens (tertiary/aromatic N) is 1. The molecule has 0 aliphatic heterocycles. The first-order chi connectivity index (χ1) is 9.90. The molecule has 0 fully saturated rings. The number of carbonyl (C=O) groups is 2. The third kappa shape index (κ3) is 4.51. The van der Waals surface area contributed by atoms with Gasteiger partial charge in [-0.25, -0.2) is 8.78 Å². The maximum atomic E-state index is 13.8. The highest BCUT2D eigenvalue weighted by Gasteiger charge is 2.22. The van der Waals surface area contributed by atoms with E-state index in [9.17, 15) is 18.4 Å². The summed E-state index contributed by atoms with van der Waals surface area (Å²) in [5.74, 6) is -2.85. The van der Waals surface area contributed by atoms with Crippen LogP contribution in [0.4, 0.5) is 8.78 Å². The Morgan fingerprint density at radius 2 is 1.86 bits per heavy atom. The van der Waals surface area contributed by atoms with Gasteiger partial charge in [0.25, 0.3) is 5.91 Å². The average molecular weight is 299 g/mol. The zero-order valence-electron chi connectivity index (χ0n) is 12.4. The maximum Gasteiger partial charge on any atom is 0.325 e. The van der Waals surface area contributed by atoms with Crippen molar-refractivity contribution in [2.45, 2.75) is 27.2 Å². The Bertz CT molecular complexity index is 532. The van der Waals surface area contributed by atoms with Crippen LogP contribution in [0, 0.1) is 18.6 Å². The Labute approximate surface area is 122 Å². The van der Waals surface area contributed by atoms with Gasteiger partial charge in [-0.15, -0.1) is 0 Å². The van der Waals surface area contributed by atoms with Gasteiger partial charge in [0, 0.05) is 12.6 Å². The Balaban J connectivity index is 3.00. The van der Waals surface area contributed by atoms with Gasteiger partial charge in [-0.05, 0) is 31.9 Å². The summed E-state index contributed by atoms with van der Waals surface area (Å²) in [6, 6.07) is 1.83. The molecule has 1 aromatic rings. The molecule has 0 spiro atoms. The molecule has 1 amide bonds. The van der Waals surface area contributed by atoms with E-state index in [1.165, 1.54) is 11.8 Å². The van der Waals surface area contributed by atoms with Crippen LogP contribution in [0.2, 0.25) is 0 Å². The van der Waals surface area contributed by atoms with E-state index in [1.54, 1.807) is 6.92 Å². The highest BCUT2D eigenvalue weighted by molar-refractivity contribution is 5.96. The summed E-state index contributed by atoms with van der Waals surface area (Å²) < 4.78 is 31.8. The quantitative estimate of drug-likeness (QED) is 0.759. The number of amides is 1. The van der Waals surface area contributed by atoms with E-state index in [4.69, 9.17) is 4.74 Å². The van der Waals surface area contributed by atoms with Crippen molar-refractivity contribution < 1.29 is 23.1 Å². The zero-order chi connectivity index (χ0) is 16.0. The second-order valence-corrected chi connectivity index (χ2v) is 4.61. The van der Waals surface area contributed by atoms with Crippen LogP contribution in [-0.4, -0.2) is 36.5 Å². The Morgan fingerprint density at radius 1 is 1.19 bits per heavy atom. The molecule has 1 aromatic carbocycles. The highest BCUT2D eigenvalue weighted by Crippen LogP contribution is 2.16. The van der Waals surface area contributed by atoms with Crippen molar-refractivity contribution >= 4 is 11.9 Å².